The zero-order valence-electron chi connectivity index (χ0n) is 11.4. The molecule has 3 saturated heterocycles. The smallest absolute Gasteiger partial charge is 0.0207 e. The third-order valence-corrected chi connectivity index (χ3v) is 5.01. The standard InChI is InChI=1S/C14H27N3/c1-12(2)17-5-3-13(4-6-17)7-16-10-14(11-16)8-15-9-14/h12-13,15H,3-11H2,1-2H3. The number of hydrogen-bond donors (Lipinski definition) is 1. The first kappa shape index (κ1) is 11.9. The molecule has 0 radical (unpaired) electrons. The van der Waals surface area contributed by atoms with E-state index in [2.05, 4.69) is 29.0 Å². The summed E-state index contributed by atoms with van der Waals surface area (Å²) in [6.45, 7) is 13.9. The molecule has 0 aromatic carbocycles. The molecule has 0 aromatic heterocycles. The van der Waals surface area contributed by atoms with E-state index in [0.717, 1.165) is 12.0 Å². The lowest BCUT2D eigenvalue weighted by Crippen LogP contribution is -2.71. The predicted octanol–water partition coefficient (Wildman–Crippen LogP) is 1.01. The van der Waals surface area contributed by atoms with Gasteiger partial charge in [0.15, 0.2) is 0 Å². The van der Waals surface area contributed by atoms with Gasteiger partial charge in [-0.1, -0.05) is 0 Å². The summed E-state index contributed by atoms with van der Waals surface area (Å²) >= 11 is 0. The Morgan fingerprint density at radius 2 is 1.82 bits per heavy atom. The number of rotatable bonds is 3. The molecule has 3 aliphatic heterocycles. The lowest BCUT2D eigenvalue weighted by atomic mass is 9.74. The molecule has 0 atom stereocenters. The molecule has 0 aromatic rings. The Morgan fingerprint density at radius 3 is 2.29 bits per heavy atom. The highest BCUT2D eigenvalue weighted by atomic mass is 15.3. The number of hydrogen-bond acceptors (Lipinski definition) is 3. The summed E-state index contributed by atoms with van der Waals surface area (Å²) < 4.78 is 0. The normalized spacial score (nSPS) is 30.5. The van der Waals surface area contributed by atoms with E-state index < -0.39 is 0 Å². The Morgan fingerprint density at radius 1 is 1.18 bits per heavy atom. The average molecular weight is 237 g/mol. The summed E-state index contributed by atoms with van der Waals surface area (Å²) in [7, 11) is 0. The molecule has 3 heterocycles. The van der Waals surface area contributed by atoms with Gasteiger partial charge in [0.1, 0.15) is 0 Å². The zero-order valence-corrected chi connectivity index (χ0v) is 11.4. The molecule has 3 heteroatoms. The summed E-state index contributed by atoms with van der Waals surface area (Å²) in [5, 5.41) is 3.41. The van der Waals surface area contributed by atoms with E-state index in [1.54, 1.807) is 0 Å². The largest absolute Gasteiger partial charge is 0.315 e. The third kappa shape index (κ3) is 2.38. The van der Waals surface area contributed by atoms with Crippen molar-refractivity contribution >= 4 is 0 Å². The van der Waals surface area contributed by atoms with Crippen LogP contribution in [0.15, 0.2) is 0 Å². The van der Waals surface area contributed by atoms with Crippen molar-refractivity contribution in [3.05, 3.63) is 0 Å². The van der Waals surface area contributed by atoms with Crippen molar-refractivity contribution in [1.82, 2.24) is 15.1 Å². The highest BCUT2D eigenvalue weighted by Gasteiger charge is 2.47. The monoisotopic (exact) mass is 237 g/mol. The van der Waals surface area contributed by atoms with Crippen molar-refractivity contribution < 1.29 is 0 Å². The molecule has 0 amide bonds. The zero-order chi connectivity index (χ0) is 11.9. The van der Waals surface area contributed by atoms with Crippen molar-refractivity contribution in [3.63, 3.8) is 0 Å². The minimum absolute atomic E-state index is 0.707. The van der Waals surface area contributed by atoms with Crippen LogP contribution in [0.1, 0.15) is 26.7 Å². The van der Waals surface area contributed by atoms with Crippen LogP contribution in [0.25, 0.3) is 0 Å². The van der Waals surface area contributed by atoms with Crippen molar-refractivity contribution in [1.29, 1.82) is 0 Å². The molecule has 3 rings (SSSR count). The van der Waals surface area contributed by atoms with E-state index in [1.807, 2.05) is 0 Å². The lowest BCUT2D eigenvalue weighted by molar-refractivity contribution is -0.0517. The van der Waals surface area contributed by atoms with Crippen LogP contribution in [0.3, 0.4) is 0 Å². The summed E-state index contributed by atoms with van der Waals surface area (Å²) in [6.07, 6.45) is 2.83. The molecule has 0 saturated carbocycles. The fourth-order valence-electron chi connectivity index (χ4n) is 3.75. The van der Waals surface area contributed by atoms with Gasteiger partial charge in [0.2, 0.25) is 0 Å². The number of nitrogens with one attached hydrogen (secondary N) is 1. The van der Waals surface area contributed by atoms with Crippen LogP contribution in [0.5, 0.6) is 0 Å². The van der Waals surface area contributed by atoms with Crippen molar-refractivity contribution in [2.24, 2.45) is 11.3 Å². The Bertz CT molecular complexity index is 257. The van der Waals surface area contributed by atoms with E-state index >= 15 is 0 Å². The molecular formula is C14H27N3. The van der Waals surface area contributed by atoms with Crippen molar-refractivity contribution in [3.8, 4) is 0 Å². The summed E-state index contributed by atoms with van der Waals surface area (Å²) in [5.41, 5.74) is 0.707. The highest BCUT2D eigenvalue weighted by Crippen LogP contribution is 2.35. The second kappa shape index (κ2) is 4.52. The first-order chi connectivity index (χ1) is 8.17. The second-order valence-corrected chi connectivity index (χ2v) is 6.85. The number of nitrogens with zero attached hydrogens (tertiary/aromatic N) is 2. The summed E-state index contributed by atoms with van der Waals surface area (Å²) in [6, 6.07) is 0.740. The quantitative estimate of drug-likeness (QED) is 0.790. The minimum Gasteiger partial charge on any atom is -0.315 e. The van der Waals surface area contributed by atoms with Crippen LogP contribution in [0.4, 0.5) is 0 Å². The Kier molecular flexibility index (Phi) is 3.18. The molecule has 3 aliphatic rings. The molecular weight excluding hydrogens is 210 g/mol. The van der Waals surface area contributed by atoms with Gasteiger partial charge in [0.05, 0.1) is 0 Å². The molecule has 3 nitrogen and oxygen atoms in total. The van der Waals surface area contributed by atoms with E-state index in [-0.39, 0.29) is 0 Å². The maximum absolute atomic E-state index is 3.41. The van der Waals surface area contributed by atoms with Gasteiger partial charge >= 0.3 is 0 Å². The number of likely N-dealkylation sites (tertiary alicyclic amines) is 2. The van der Waals surface area contributed by atoms with Crippen LogP contribution in [0, 0.1) is 11.3 Å². The molecule has 0 bridgehead atoms. The van der Waals surface area contributed by atoms with Crippen LogP contribution in [0.2, 0.25) is 0 Å². The van der Waals surface area contributed by atoms with E-state index in [4.69, 9.17) is 0 Å². The maximum Gasteiger partial charge on any atom is 0.0207 e. The van der Waals surface area contributed by atoms with Gasteiger partial charge in [-0.25, -0.2) is 0 Å². The molecule has 0 aliphatic carbocycles. The van der Waals surface area contributed by atoms with E-state index in [9.17, 15) is 0 Å². The molecule has 1 spiro atoms. The third-order valence-electron chi connectivity index (χ3n) is 5.01. The Hall–Kier alpha value is -0.120. The van der Waals surface area contributed by atoms with Gasteiger partial charge in [-0.2, -0.15) is 0 Å². The van der Waals surface area contributed by atoms with Gasteiger partial charge in [-0.3, -0.25) is 0 Å². The lowest BCUT2D eigenvalue weighted by Gasteiger charge is -2.57. The molecule has 3 fully saturated rings. The van der Waals surface area contributed by atoms with Gasteiger partial charge in [-0.05, 0) is 45.7 Å². The highest BCUT2D eigenvalue weighted by molar-refractivity contribution is 5.04. The van der Waals surface area contributed by atoms with Gasteiger partial charge in [0.25, 0.3) is 0 Å². The minimum atomic E-state index is 0.707. The topological polar surface area (TPSA) is 18.5 Å². The van der Waals surface area contributed by atoms with Crippen molar-refractivity contribution in [2.75, 3.05) is 45.8 Å². The van der Waals surface area contributed by atoms with Crippen LogP contribution in [-0.4, -0.2) is 61.7 Å². The first-order valence-corrected chi connectivity index (χ1v) is 7.34. The second-order valence-electron chi connectivity index (χ2n) is 6.85. The fraction of sp³-hybridized carbons (Fsp3) is 1.00. The van der Waals surface area contributed by atoms with E-state index in [0.29, 0.717) is 5.41 Å². The SMILES string of the molecule is CC(C)N1CCC(CN2CC3(CNC3)C2)CC1. The molecule has 98 valence electrons. The number of piperidine rings is 1. The van der Waals surface area contributed by atoms with E-state index in [1.165, 1.54) is 58.7 Å². The first-order valence-electron chi connectivity index (χ1n) is 7.34. The van der Waals surface area contributed by atoms with Crippen molar-refractivity contribution in [2.45, 2.75) is 32.7 Å². The Balaban J connectivity index is 1.37. The van der Waals surface area contributed by atoms with Gasteiger partial charge in [-0.15, -0.1) is 0 Å². The maximum atomic E-state index is 3.41. The van der Waals surface area contributed by atoms with Gasteiger partial charge < -0.3 is 15.1 Å². The van der Waals surface area contributed by atoms with Crippen LogP contribution >= 0.6 is 0 Å². The molecule has 0 unspecified atom stereocenters. The molecule has 1 N–H and O–H groups in total. The average Bonchev–Trinajstić information content (AvgIpc) is 2.20. The summed E-state index contributed by atoms with van der Waals surface area (Å²) in [4.78, 5) is 5.32. The Labute approximate surface area is 106 Å². The van der Waals surface area contributed by atoms with Crippen LogP contribution < -0.4 is 5.32 Å². The summed E-state index contributed by atoms with van der Waals surface area (Å²) in [5.74, 6) is 0.968. The van der Waals surface area contributed by atoms with Gasteiger partial charge in [0, 0.05) is 44.2 Å². The molecule has 17 heavy (non-hydrogen) atoms. The fourth-order valence-corrected chi connectivity index (χ4v) is 3.75. The predicted molar refractivity (Wildman–Crippen MR) is 71.2 cm³/mol. The van der Waals surface area contributed by atoms with Crippen LogP contribution in [-0.2, 0) is 0 Å².